The number of hydrogen-bond donors (Lipinski definition) is 2. The summed E-state index contributed by atoms with van der Waals surface area (Å²) in [6.07, 6.45) is 6.73. The van der Waals surface area contributed by atoms with E-state index >= 15 is 0 Å². The van der Waals surface area contributed by atoms with E-state index in [1.165, 1.54) is 11.1 Å². The molecule has 0 spiro atoms. The van der Waals surface area contributed by atoms with Crippen molar-refractivity contribution in [1.29, 1.82) is 0 Å². The fourth-order valence-corrected chi connectivity index (χ4v) is 8.31. The highest BCUT2D eigenvalue weighted by atomic mass is 35.5. The van der Waals surface area contributed by atoms with Gasteiger partial charge in [0.05, 0.1) is 30.3 Å². The summed E-state index contributed by atoms with van der Waals surface area (Å²) in [6, 6.07) is 11.8. The average Bonchev–Trinajstić information content (AvgIpc) is 3.21. The number of aliphatic hydroxyl groups is 1. The van der Waals surface area contributed by atoms with E-state index in [1.807, 2.05) is 44.1 Å². The molecule has 1 saturated carbocycles. The highest BCUT2D eigenvalue weighted by Crippen LogP contribution is 2.42. The van der Waals surface area contributed by atoms with E-state index < -0.39 is 17.1 Å². The molecule has 2 aromatic rings. The van der Waals surface area contributed by atoms with Crippen LogP contribution in [0.1, 0.15) is 93.6 Å². The van der Waals surface area contributed by atoms with Gasteiger partial charge in [-0.2, -0.15) is 0 Å². The van der Waals surface area contributed by atoms with Gasteiger partial charge in [0, 0.05) is 42.7 Å². The molecular weight excluding hydrogens is 646 g/mol. The second-order valence-corrected chi connectivity index (χ2v) is 16.2. The van der Waals surface area contributed by atoms with Gasteiger partial charge in [0.15, 0.2) is 0 Å². The fraction of sp³-hybridized carbons (Fsp3) is 0.658. The highest BCUT2D eigenvalue weighted by molar-refractivity contribution is 7.84. The minimum absolute atomic E-state index is 0.127. The predicted molar refractivity (Wildman–Crippen MR) is 198 cm³/mol. The van der Waals surface area contributed by atoms with Crippen LogP contribution in [-0.4, -0.2) is 85.0 Å². The Morgan fingerprint density at radius 1 is 1.15 bits per heavy atom. The minimum atomic E-state index is -1.48. The van der Waals surface area contributed by atoms with Gasteiger partial charge < -0.3 is 24.4 Å². The van der Waals surface area contributed by atoms with E-state index in [2.05, 4.69) is 42.5 Å². The molecule has 2 N–H and O–H groups in total. The molecular formula is C38H58ClN3O5S. The summed E-state index contributed by atoms with van der Waals surface area (Å²) in [7, 11) is 2.41. The van der Waals surface area contributed by atoms with Crippen molar-refractivity contribution in [2.75, 3.05) is 58.5 Å². The van der Waals surface area contributed by atoms with Crippen LogP contribution in [0.3, 0.4) is 0 Å². The van der Waals surface area contributed by atoms with Crippen molar-refractivity contribution < 1.29 is 23.6 Å². The Hall–Kier alpha value is -2.17. The lowest BCUT2D eigenvalue weighted by molar-refractivity contribution is 0.0108. The number of nitrogens with zero attached hydrogens (tertiary/aromatic N) is 2. The number of aliphatic hydroxyl groups excluding tert-OH is 1. The van der Waals surface area contributed by atoms with Crippen molar-refractivity contribution in [3.05, 3.63) is 58.1 Å². The largest absolute Gasteiger partial charge is 0.491 e. The van der Waals surface area contributed by atoms with Crippen LogP contribution in [0.5, 0.6) is 5.75 Å². The summed E-state index contributed by atoms with van der Waals surface area (Å²) in [4.78, 5) is 17.8. The smallest absolute Gasteiger partial charge is 0.263 e. The normalized spacial score (nSPS) is 21.8. The standard InChI is InChI=1S/C38H58ClN3O5S/c1-7-9-26(3)27(4)48(45)40-38(44)30-13-16-37-36(20-30)42(21-31-12-11-28(31)17-18-46-25-34(43)23-41(5)6)22-32(24-47-37)35-15-14-33(39)19-29(35)10-8-2/h13-16,19-20,26-28,31-32,34,43H,7-12,17-18,21-25H2,1-6H3,(H,40,44)/t26?,27?,28?,31?,32?,34-,48?/m1/s1. The van der Waals surface area contributed by atoms with Gasteiger partial charge in [-0.25, -0.2) is 4.21 Å². The third kappa shape index (κ3) is 10.7. The zero-order valence-electron chi connectivity index (χ0n) is 29.9. The number of likely N-dealkylation sites (N-methyl/N-ethyl adjacent to an activating group) is 1. The molecule has 268 valence electrons. The van der Waals surface area contributed by atoms with Gasteiger partial charge in [-0.15, -0.1) is 0 Å². The van der Waals surface area contributed by atoms with Crippen LogP contribution in [0.2, 0.25) is 5.02 Å². The van der Waals surface area contributed by atoms with Gasteiger partial charge in [-0.1, -0.05) is 51.3 Å². The van der Waals surface area contributed by atoms with Gasteiger partial charge in [0.25, 0.3) is 5.91 Å². The number of carbonyl (C=O) groups is 1. The first-order valence-electron chi connectivity index (χ1n) is 17.9. The zero-order chi connectivity index (χ0) is 34.8. The molecule has 10 heteroatoms. The summed E-state index contributed by atoms with van der Waals surface area (Å²) in [5.41, 5.74) is 3.91. The van der Waals surface area contributed by atoms with Crippen molar-refractivity contribution in [2.24, 2.45) is 17.8 Å². The Balaban J connectivity index is 1.53. The summed E-state index contributed by atoms with van der Waals surface area (Å²) in [5, 5.41) is 10.8. The van der Waals surface area contributed by atoms with Crippen LogP contribution in [0.25, 0.3) is 0 Å². The molecule has 6 unspecified atom stereocenters. The Morgan fingerprint density at radius 2 is 1.92 bits per heavy atom. The maximum absolute atomic E-state index is 13.4. The molecule has 0 bridgehead atoms. The third-order valence-electron chi connectivity index (χ3n) is 10.1. The maximum Gasteiger partial charge on any atom is 0.263 e. The van der Waals surface area contributed by atoms with Crippen LogP contribution < -0.4 is 14.4 Å². The Kier molecular flexibility index (Phi) is 15.1. The molecule has 4 rings (SSSR count). The molecule has 0 aromatic heterocycles. The molecule has 1 amide bonds. The summed E-state index contributed by atoms with van der Waals surface area (Å²) >= 11 is 6.44. The molecule has 1 fully saturated rings. The second-order valence-electron chi connectivity index (χ2n) is 14.3. The third-order valence-corrected chi connectivity index (χ3v) is 11.9. The topological polar surface area (TPSA) is 91.3 Å². The summed E-state index contributed by atoms with van der Waals surface area (Å²) < 4.78 is 28.2. The molecule has 0 radical (unpaired) electrons. The molecule has 1 heterocycles. The quantitative estimate of drug-likeness (QED) is 0.164. The van der Waals surface area contributed by atoms with Gasteiger partial charge in [0.2, 0.25) is 0 Å². The number of hydrogen-bond acceptors (Lipinski definition) is 7. The highest BCUT2D eigenvalue weighted by Gasteiger charge is 2.35. The van der Waals surface area contributed by atoms with Gasteiger partial charge in [0.1, 0.15) is 16.7 Å². The van der Waals surface area contributed by atoms with Crippen LogP contribution in [0.4, 0.5) is 5.69 Å². The summed E-state index contributed by atoms with van der Waals surface area (Å²) in [5.74, 6) is 1.83. The van der Waals surface area contributed by atoms with Gasteiger partial charge in [-0.3, -0.25) is 9.52 Å². The van der Waals surface area contributed by atoms with Crippen molar-refractivity contribution in [3.63, 3.8) is 0 Å². The van der Waals surface area contributed by atoms with Gasteiger partial charge in [-0.05, 0) is 112 Å². The Labute approximate surface area is 296 Å². The molecule has 48 heavy (non-hydrogen) atoms. The summed E-state index contributed by atoms with van der Waals surface area (Å²) in [6.45, 7) is 12.0. The number of anilines is 1. The first kappa shape index (κ1) is 38.6. The average molecular weight is 704 g/mol. The van der Waals surface area contributed by atoms with Crippen molar-refractivity contribution in [3.8, 4) is 5.75 Å². The molecule has 7 atom stereocenters. The number of rotatable bonds is 18. The number of carbonyl (C=O) groups excluding carboxylic acids is 1. The lowest BCUT2D eigenvalue weighted by Crippen LogP contribution is -2.40. The van der Waals surface area contributed by atoms with Crippen LogP contribution in [-0.2, 0) is 22.1 Å². The molecule has 2 aromatic carbocycles. The first-order chi connectivity index (χ1) is 23.0. The number of nitrogens with one attached hydrogen (secondary N) is 1. The van der Waals surface area contributed by atoms with E-state index in [0.717, 1.165) is 74.5 Å². The number of benzene rings is 2. The molecule has 2 aliphatic rings. The van der Waals surface area contributed by atoms with E-state index in [4.69, 9.17) is 21.1 Å². The number of fused-ring (bicyclic) bond motifs is 1. The molecule has 8 nitrogen and oxygen atoms in total. The number of halogens is 1. The van der Waals surface area contributed by atoms with Crippen molar-refractivity contribution in [1.82, 2.24) is 9.62 Å². The number of ether oxygens (including phenoxy) is 2. The molecule has 1 aliphatic heterocycles. The first-order valence-corrected chi connectivity index (χ1v) is 19.5. The van der Waals surface area contributed by atoms with Crippen LogP contribution in [0.15, 0.2) is 36.4 Å². The monoisotopic (exact) mass is 703 g/mol. The predicted octanol–water partition coefficient (Wildman–Crippen LogP) is 6.85. The molecule has 0 saturated heterocycles. The van der Waals surface area contributed by atoms with E-state index in [1.54, 1.807) is 6.07 Å². The lowest BCUT2D eigenvalue weighted by Gasteiger charge is -2.41. The van der Waals surface area contributed by atoms with Crippen LogP contribution >= 0.6 is 11.6 Å². The Bertz CT molecular complexity index is 1360. The van der Waals surface area contributed by atoms with Crippen molar-refractivity contribution in [2.45, 2.75) is 89.9 Å². The minimum Gasteiger partial charge on any atom is -0.491 e. The SMILES string of the molecule is CCCc1cc(Cl)ccc1C1COc2ccc(C(=O)NS(=O)C(C)C(C)CCC)cc2N(CC2CCC2CCOC[C@H](O)CN(C)C)C1. The Morgan fingerprint density at radius 3 is 2.60 bits per heavy atom. The van der Waals surface area contributed by atoms with Crippen molar-refractivity contribution >= 4 is 34.2 Å². The van der Waals surface area contributed by atoms with E-state index in [-0.39, 0.29) is 23.0 Å². The fourth-order valence-electron chi connectivity index (χ4n) is 7.07. The van der Waals surface area contributed by atoms with E-state index in [9.17, 15) is 14.1 Å². The van der Waals surface area contributed by atoms with E-state index in [0.29, 0.717) is 43.8 Å². The van der Waals surface area contributed by atoms with Crippen LogP contribution in [0, 0.1) is 17.8 Å². The number of aryl methyl sites for hydroxylation is 1. The number of amides is 1. The second kappa shape index (κ2) is 18.7. The zero-order valence-corrected chi connectivity index (χ0v) is 31.5. The lowest BCUT2D eigenvalue weighted by atomic mass is 9.71. The molecule has 1 aliphatic carbocycles. The maximum atomic E-state index is 13.4. The van der Waals surface area contributed by atoms with Gasteiger partial charge >= 0.3 is 0 Å².